The highest BCUT2D eigenvalue weighted by Gasteiger charge is 2.23. The van der Waals surface area contributed by atoms with Crippen molar-refractivity contribution in [1.29, 1.82) is 0 Å². The van der Waals surface area contributed by atoms with Crippen molar-refractivity contribution in [2.45, 2.75) is 31.8 Å². The van der Waals surface area contributed by atoms with Gasteiger partial charge >= 0.3 is 0 Å². The van der Waals surface area contributed by atoms with E-state index in [1.807, 2.05) is 34.9 Å². The molecule has 0 atom stereocenters. The quantitative estimate of drug-likeness (QED) is 0.196. The highest BCUT2D eigenvalue weighted by Crippen LogP contribution is 2.39. The van der Waals surface area contributed by atoms with Crippen LogP contribution in [0.3, 0.4) is 0 Å². The molecule has 0 bridgehead atoms. The van der Waals surface area contributed by atoms with Crippen LogP contribution in [0.4, 0.5) is 0 Å². The first-order valence-corrected chi connectivity index (χ1v) is 10.8. The monoisotopic (exact) mass is 449 g/mol. The number of H-pyrrole nitrogens is 1. The van der Waals surface area contributed by atoms with Gasteiger partial charge in [0.1, 0.15) is 11.3 Å². The van der Waals surface area contributed by atoms with Crippen LogP contribution in [-0.2, 0) is 17.9 Å². The van der Waals surface area contributed by atoms with Crippen LogP contribution < -0.4 is 16.9 Å². The molecule has 6 N–H and O–H groups in total. The largest absolute Gasteiger partial charge is 0.393 e. The first kappa shape index (κ1) is 20.4. The predicted molar refractivity (Wildman–Crippen MR) is 124 cm³/mol. The van der Waals surface area contributed by atoms with Gasteiger partial charge in [-0.1, -0.05) is 23.7 Å². The van der Waals surface area contributed by atoms with Gasteiger partial charge in [0.2, 0.25) is 0 Å². The van der Waals surface area contributed by atoms with Crippen molar-refractivity contribution < 1.29 is 4.79 Å². The Balaban J connectivity index is 1.20. The molecule has 1 saturated carbocycles. The number of pyridine rings is 1. The van der Waals surface area contributed by atoms with Crippen LogP contribution in [0.25, 0.3) is 16.6 Å². The van der Waals surface area contributed by atoms with Gasteiger partial charge < -0.3 is 25.4 Å². The fourth-order valence-corrected chi connectivity index (χ4v) is 4.00. The van der Waals surface area contributed by atoms with E-state index in [-0.39, 0.29) is 5.70 Å². The molecule has 32 heavy (non-hydrogen) atoms. The number of carbonyl (C=O) groups excluding carboxylic acids is 1. The van der Waals surface area contributed by atoms with E-state index in [1.165, 1.54) is 29.6 Å². The van der Waals surface area contributed by atoms with Crippen LogP contribution >= 0.6 is 11.6 Å². The highest BCUT2D eigenvalue weighted by molar-refractivity contribution is 6.35. The minimum Gasteiger partial charge on any atom is -0.393 e. The number of halogens is 1. The summed E-state index contributed by atoms with van der Waals surface area (Å²) >= 11 is 6.16. The molecule has 4 aromatic rings. The Morgan fingerprint density at radius 2 is 2.16 bits per heavy atom. The summed E-state index contributed by atoms with van der Waals surface area (Å²) in [4.78, 5) is 20.1. The summed E-state index contributed by atoms with van der Waals surface area (Å²) in [7, 11) is 0. The Labute approximate surface area is 189 Å². The first-order chi connectivity index (χ1) is 15.5. The lowest BCUT2D eigenvalue weighted by molar-refractivity contribution is -0.117. The van der Waals surface area contributed by atoms with E-state index in [2.05, 4.69) is 27.5 Å². The summed E-state index contributed by atoms with van der Waals surface area (Å²) in [6.07, 6.45) is 9.74. The lowest BCUT2D eigenvalue weighted by Gasteiger charge is -2.13. The molecule has 9 heteroatoms. The molecule has 0 unspecified atom stereocenters. The number of benzene rings is 1. The second-order valence-corrected chi connectivity index (χ2v) is 8.60. The van der Waals surface area contributed by atoms with E-state index in [0.29, 0.717) is 24.0 Å². The third-order valence-electron chi connectivity index (χ3n) is 5.63. The minimum atomic E-state index is -0.398. The molecule has 0 saturated heterocycles. The average molecular weight is 450 g/mol. The molecule has 164 valence electrons. The Hall–Kier alpha value is -3.49. The maximum Gasteiger partial charge on any atom is 0.268 e. The smallest absolute Gasteiger partial charge is 0.268 e. The molecule has 0 spiro atoms. The Bertz CT molecular complexity index is 1330. The van der Waals surface area contributed by atoms with Gasteiger partial charge in [-0.15, -0.1) is 0 Å². The summed E-state index contributed by atoms with van der Waals surface area (Å²) in [6.45, 7) is 0.655. The third-order valence-corrected chi connectivity index (χ3v) is 5.95. The number of carbonyl (C=O) groups is 1. The normalized spacial score (nSPS) is 14.2. The number of hydrogen-bond acceptors (Lipinski definition) is 5. The summed E-state index contributed by atoms with van der Waals surface area (Å²) in [5.74, 6) is 6.34. The first-order valence-electron chi connectivity index (χ1n) is 10.5. The molecule has 3 heterocycles. The molecule has 1 aliphatic rings. The summed E-state index contributed by atoms with van der Waals surface area (Å²) in [5.41, 5.74) is 10.8. The molecule has 0 radical (unpaired) electrons. The van der Waals surface area contributed by atoms with Crippen molar-refractivity contribution in [3.8, 4) is 0 Å². The number of imidazole rings is 1. The SMILES string of the molecule is N/C(=C\N(N)Cc1cn2cc(C3CC3)ccc2n1)C(=O)NCc1ccc2[nH]cc(Cl)c2c1. The molecule has 1 amide bonds. The summed E-state index contributed by atoms with van der Waals surface area (Å²) < 4.78 is 2.02. The molecule has 5 rings (SSSR count). The zero-order valence-electron chi connectivity index (χ0n) is 17.4. The number of hydrogen-bond donors (Lipinski definition) is 4. The Morgan fingerprint density at radius 3 is 2.97 bits per heavy atom. The number of nitrogens with one attached hydrogen (secondary N) is 2. The summed E-state index contributed by atoms with van der Waals surface area (Å²) in [6, 6.07) is 9.93. The van der Waals surface area contributed by atoms with Gasteiger partial charge in [0, 0.05) is 42.2 Å². The summed E-state index contributed by atoms with van der Waals surface area (Å²) in [5, 5.41) is 5.72. The molecule has 8 nitrogen and oxygen atoms in total. The molecule has 3 aromatic heterocycles. The van der Waals surface area contributed by atoms with Crippen molar-refractivity contribution in [3.05, 3.63) is 82.7 Å². The number of rotatable bonds is 7. The van der Waals surface area contributed by atoms with Crippen molar-refractivity contribution in [3.63, 3.8) is 0 Å². The third kappa shape index (κ3) is 4.28. The van der Waals surface area contributed by atoms with Crippen molar-refractivity contribution in [2.75, 3.05) is 0 Å². The number of nitrogens with two attached hydrogens (primary N) is 2. The second kappa shape index (κ2) is 8.22. The number of fused-ring (bicyclic) bond motifs is 2. The van der Waals surface area contributed by atoms with E-state index >= 15 is 0 Å². The van der Waals surface area contributed by atoms with Gasteiger partial charge in [-0.25, -0.2) is 10.8 Å². The maximum atomic E-state index is 12.4. The predicted octanol–water partition coefficient (Wildman–Crippen LogP) is 3.14. The van der Waals surface area contributed by atoms with Crippen LogP contribution in [0.1, 0.15) is 35.6 Å². The Morgan fingerprint density at radius 1 is 1.31 bits per heavy atom. The number of aromatic amines is 1. The van der Waals surface area contributed by atoms with Crippen LogP contribution in [0.2, 0.25) is 5.02 Å². The number of nitrogens with zero attached hydrogens (tertiary/aromatic N) is 3. The number of hydrazine groups is 1. The zero-order valence-corrected chi connectivity index (χ0v) is 18.1. The van der Waals surface area contributed by atoms with Crippen LogP contribution in [0, 0.1) is 0 Å². The van der Waals surface area contributed by atoms with Gasteiger partial charge in [0.05, 0.1) is 17.3 Å². The standard InChI is InChI=1S/C23H24ClN7O/c24-19-9-27-21-5-1-14(7-18(19)21)8-28-23(32)20(25)13-31(26)12-17-11-30-10-16(15-2-3-15)4-6-22(30)29-17/h1,4-7,9-11,13,15,27H,2-3,8,12,25-26H2,(H,28,32)/b20-13-. The van der Waals surface area contributed by atoms with E-state index in [1.54, 1.807) is 6.20 Å². The lowest BCUT2D eigenvalue weighted by Crippen LogP contribution is -2.32. The maximum absolute atomic E-state index is 12.4. The van der Waals surface area contributed by atoms with Crippen molar-refractivity contribution in [2.24, 2.45) is 11.6 Å². The number of amides is 1. The molecule has 1 aliphatic carbocycles. The van der Waals surface area contributed by atoms with Crippen molar-refractivity contribution >= 4 is 34.1 Å². The fraction of sp³-hybridized carbons (Fsp3) is 0.217. The lowest BCUT2D eigenvalue weighted by atomic mass is 10.1. The molecule has 1 fully saturated rings. The fourth-order valence-electron chi connectivity index (χ4n) is 3.79. The van der Waals surface area contributed by atoms with Crippen LogP contribution in [0.15, 0.2) is 60.8 Å². The zero-order chi connectivity index (χ0) is 22.2. The van der Waals surface area contributed by atoms with E-state index < -0.39 is 5.91 Å². The molecular formula is C23H24ClN7O. The van der Waals surface area contributed by atoms with E-state index in [4.69, 9.17) is 23.2 Å². The highest BCUT2D eigenvalue weighted by atomic mass is 35.5. The van der Waals surface area contributed by atoms with E-state index in [9.17, 15) is 4.79 Å². The van der Waals surface area contributed by atoms with Gasteiger partial charge in [-0.05, 0) is 48.1 Å². The molecule has 0 aliphatic heterocycles. The molecular weight excluding hydrogens is 426 g/mol. The van der Waals surface area contributed by atoms with Crippen LogP contribution in [0.5, 0.6) is 0 Å². The topological polar surface area (TPSA) is 117 Å². The van der Waals surface area contributed by atoms with Gasteiger partial charge in [0.25, 0.3) is 5.91 Å². The van der Waals surface area contributed by atoms with Crippen LogP contribution in [-0.4, -0.2) is 25.3 Å². The number of aromatic nitrogens is 3. The van der Waals surface area contributed by atoms with Gasteiger partial charge in [0.15, 0.2) is 0 Å². The van der Waals surface area contributed by atoms with Gasteiger partial charge in [-0.3, -0.25) is 4.79 Å². The van der Waals surface area contributed by atoms with Crippen molar-refractivity contribution in [1.82, 2.24) is 24.7 Å². The molecule has 1 aromatic carbocycles. The second-order valence-electron chi connectivity index (χ2n) is 8.19. The Kier molecular flexibility index (Phi) is 5.24. The average Bonchev–Trinajstić information content (AvgIpc) is 3.46. The van der Waals surface area contributed by atoms with E-state index in [0.717, 1.165) is 27.8 Å². The van der Waals surface area contributed by atoms with Gasteiger partial charge in [-0.2, -0.15) is 0 Å². The minimum absolute atomic E-state index is 0.0213.